The SMILES string of the molecule is CN=C(NC)NC1CCC(CN2CC(S)C2)CC1. The van der Waals surface area contributed by atoms with Crippen LogP contribution in [-0.2, 0) is 0 Å². The minimum Gasteiger partial charge on any atom is -0.359 e. The average molecular weight is 270 g/mol. The quantitative estimate of drug-likeness (QED) is 0.406. The molecule has 1 aliphatic heterocycles. The minimum atomic E-state index is 0.599. The molecule has 0 radical (unpaired) electrons. The van der Waals surface area contributed by atoms with Crippen LogP contribution in [0.2, 0.25) is 0 Å². The predicted octanol–water partition coefficient (Wildman–Crippen LogP) is 0.954. The van der Waals surface area contributed by atoms with E-state index in [2.05, 4.69) is 33.2 Å². The molecule has 1 heterocycles. The van der Waals surface area contributed by atoms with Crippen LogP contribution in [0.4, 0.5) is 0 Å². The molecule has 2 rings (SSSR count). The molecule has 4 nitrogen and oxygen atoms in total. The van der Waals surface area contributed by atoms with Gasteiger partial charge in [-0.2, -0.15) is 12.6 Å². The second-order valence-corrected chi connectivity index (χ2v) is 6.29. The Balaban J connectivity index is 1.65. The maximum Gasteiger partial charge on any atom is 0.190 e. The zero-order chi connectivity index (χ0) is 13.0. The summed E-state index contributed by atoms with van der Waals surface area (Å²) in [6.45, 7) is 3.66. The van der Waals surface area contributed by atoms with Crippen molar-refractivity contribution in [2.75, 3.05) is 33.7 Å². The highest BCUT2D eigenvalue weighted by atomic mass is 32.1. The number of hydrogen-bond acceptors (Lipinski definition) is 3. The van der Waals surface area contributed by atoms with Crippen molar-refractivity contribution < 1.29 is 0 Å². The largest absolute Gasteiger partial charge is 0.359 e. The Labute approximate surface area is 116 Å². The molecule has 1 aliphatic carbocycles. The predicted molar refractivity (Wildman–Crippen MR) is 80.5 cm³/mol. The van der Waals surface area contributed by atoms with Gasteiger partial charge in [0.25, 0.3) is 0 Å². The van der Waals surface area contributed by atoms with Crippen molar-refractivity contribution in [2.24, 2.45) is 10.9 Å². The van der Waals surface area contributed by atoms with E-state index in [4.69, 9.17) is 0 Å². The van der Waals surface area contributed by atoms with Crippen LogP contribution >= 0.6 is 12.6 Å². The molecule has 104 valence electrons. The first-order chi connectivity index (χ1) is 8.71. The first-order valence-corrected chi connectivity index (χ1v) is 7.54. The molecule has 18 heavy (non-hydrogen) atoms. The van der Waals surface area contributed by atoms with Gasteiger partial charge >= 0.3 is 0 Å². The molecule has 0 bridgehead atoms. The lowest BCUT2D eigenvalue weighted by Gasteiger charge is -2.40. The number of nitrogens with one attached hydrogen (secondary N) is 2. The second kappa shape index (κ2) is 6.66. The molecule has 0 amide bonds. The number of likely N-dealkylation sites (tertiary alicyclic amines) is 1. The van der Waals surface area contributed by atoms with Crippen molar-refractivity contribution >= 4 is 18.6 Å². The van der Waals surface area contributed by atoms with Crippen molar-refractivity contribution in [3.8, 4) is 0 Å². The van der Waals surface area contributed by atoms with Gasteiger partial charge in [0.1, 0.15) is 0 Å². The number of aliphatic imine (C=N–C) groups is 1. The first kappa shape index (κ1) is 14.0. The Bertz CT molecular complexity index is 281. The number of rotatable bonds is 3. The van der Waals surface area contributed by atoms with Crippen LogP contribution in [0.15, 0.2) is 4.99 Å². The standard InChI is InChI=1S/C13H26N4S/c1-14-13(15-2)16-11-5-3-10(4-6-11)7-17-8-12(18)9-17/h10-12,18H,3-9H2,1-2H3,(H2,14,15,16). The van der Waals surface area contributed by atoms with E-state index >= 15 is 0 Å². The summed E-state index contributed by atoms with van der Waals surface area (Å²) in [6, 6.07) is 0.599. The highest BCUT2D eigenvalue weighted by molar-refractivity contribution is 7.81. The van der Waals surface area contributed by atoms with Crippen LogP contribution in [0.3, 0.4) is 0 Å². The van der Waals surface area contributed by atoms with Gasteiger partial charge in [0.2, 0.25) is 0 Å². The van der Waals surface area contributed by atoms with Crippen LogP contribution in [0.25, 0.3) is 0 Å². The van der Waals surface area contributed by atoms with Gasteiger partial charge in [-0.15, -0.1) is 0 Å². The van der Waals surface area contributed by atoms with Crippen LogP contribution in [0.5, 0.6) is 0 Å². The summed E-state index contributed by atoms with van der Waals surface area (Å²) >= 11 is 4.46. The Kier molecular flexibility index (Phi) is 5.18. The van der Waals surface area contributed by atoms with Gasteiger partial charge in [0.15, 0.2) is 5.96 Å². The van der Waals surface area contributed by atoms with Crippen LogP contribution in [0.1, 0.15) is 25.7 Å². The monoisotopic (exact) mass is 270 g/mol. The van der Waals surface area contributed by atoms with Crippen molar-refractivity contribution in [2.45, 2.75) is 37.0 Å². The van der Waals surface area contributed by atoms with E-state index in [0.29, 0.717) is 11.3 Å². The Morgan fingerprint density at radius 3 is 2.44 bits per heavy atom. The molecule has 0 aromatic carbocycles. The molecular formula is C13H26N4S. The number of thiol groups is 1. The van der Waals surface area contributed by atoms with Crippen LogP contribution in [-0.4, -0.2) is 55.9 Å². The second-order valence-electron chi connectivity index (χ2n) is 5.56. The summed E-state index contributed by atoms with van der Waals surface area (Å²) in [5, 5.41) is 7.19. The summed E-state index contributed by atoms with van der Waals surface area (Å²) in [6.07, 6.45) is 5.21. The summed E-state index contributed by atoms with van der Waals surface area (Å²) < 4.78 is 0. The summed E-state index contributed by atoms with van der Waals surface area (Å²) in [5.41, 5.74) is 0. The lowest BCUT2D eigenvalue weighted by Crippen LogP contribution is -2.50. The minimum absolute atomic E-state index is 0.599. The lowest BCUT2D eigenvalue weighted by atomic mass is 9.85. The van der Waals surface area contributed by atoms with Gasteiger partial charge in [0, 0.05) is 45.0 Å². The lowest BCUT2D eigenvalue weighted by molar-refractivity contribution is 0.138. The van der Waals surface area contributed by atoms with Crippen molar-refractivity contribution in [1.82, 2.24) is 15.5 Å². The van der Waals surface area contributed by atoms with E-state index in [-0.39, 0.29) is 0 Å². The van der Waals surface area contributed by atoms with Gasteiger partial charge in [-0.05, 0) is 31.6 Å². The molecule has 0 aromatic heterocycles. The maximum absolute atomic E-state index is 4.46. The topological polar surface area (TPSA) is 39.7 Å². The highest BCUT2D eigenvalue weighted by Crippen LogP contribution is 2.27. The third-order valence-corrected chi connectivity index (χ3v) is 4.43. The molecule has 2 fully saturated rings. The molecule has 0 spiro atoms. The van der Waals surface area contributed by atoms with Gasteiger partial charge in [0.05, 0.1) is 0 Å². The van der Waals surface area contributed by atoms with Crippen LogP contribution in [0, 0.1) is 5.92 Å². The molecule has 0 aromatic rings. The molecule has 5 heteroatoms. The van der Waals surface area contributed by atoms with Gasteiger partial charge < -0.3 is 15.5 Å². The first-order valence-electron chi connectivity index (χ1n) is 7.02. The third kappa shape index (κ3) is 3.79. The number of hydrogen-bond donors (Lipinski definition) is 3. The smallest absolute Gasteiger partial charge is 0.190 e. The normalized spacial score (nSPS) is 30.9. The van der Waals surface area contributed by atoms with E-state index in [1.807, 2.05) is 14.1 Å². The number of nitrogens with zero attached hydrogens (tertiary/aromatic N) is 2. The fourth-order valence-corrected chi connectivity index (χ4v) is 3.45. The highest BCUT2D eigenvalue weighted by Gasteiger charge is 2.28. The molecule has 2 N–H and O–H groups in total. The zero-order valence-electron chi connectivity index (χ0n) is 11.5. The Morgan fingerprint density at radius 1 is 1.28 bits per heavy atom. The van der Waals surface area contributed by atoms with Crippen molar-refractivity contribution in [3.63, 3.8) is 0 Å². The molecule has 1 saturated carbocycles. The zero-order valence-corrected chi connectivity index (χ0v) is 12.4. The summed E-state index contributed by atoms with van der Waals surface area (Å²) in [7, 11) is 3.74. The Hall–Kier alpha value is -0.420. The number of guanidine groups is 1. The van der Waals surface area contributed by atoms with Crippen molar-refractivity contribution in [1.29, 1.82) is 0 Å². The van der Waals surface area contributed by atoms with E-state index in [9.17, 15) is 0 Å². The fraction of sp³-hybridized carbons (Fsp3) is 0.923. The molecule has 0 unspecified atom stereocenters. The molecule has 0 atom stereocenters. The third-order valence-electron chi connectivity index (χ3n) is 4.10. The Morgan fingerprint density at radius 2 is 1.94 bits per heavy atom. The van der Waals surface area contributed by atoms with Gasteiger partial charge in [-0.25, -0.2) is 0 Å². The van der Waals surface area contributed by atoms with Gasteiger partial charge in [-0.3, -0.25) is 4.99 Å². The van der Waals surface area contributed by atoms with E-state index in [1.54, 1.807) is 0 Å². The van der Waals surface area contributed by atoms with Gasteiger partial charge in [-0.1, -0.05) is 0 Å². The average Bonchev–Trinajstić information content (AvgIpc) is 2.36. The molecular weight excluding hydrogens is 244 g/mol. The van der Waals surface area contributed by atoms with E-state index in [0.717, 1.165) is 11.9 Å². The van der Waals surface area contributed by atoms with E-state index in [1.165, 1.54) is 45.3 Å². The van der Waals surface area contributed by atoms with Crippen LogP contribution < -0.4 is 10.6 Å². The van der Waals surface area contributed by atoms with Crippen molar-refractivity contribution in [3.05, 3.63) is 0 Å². The summed E-state index contributed by atoms with van der Waals surface area (Å²) in [4.78, 5) is 6.72. The van der Waals surface area contributed by atoms with E-state index < -0.39 is 0 Å². The maximum atomic E-state index is 4.46. The summed E-state index contributed by atoms with van der Waals surface area (Å²) in [5.74, 6) is 1.81. The molecule has 2 aliphatic rings. The molecule has 1 saturated heterocycles. The fourth-order valence-electron chi connectivity index (χ4n) is 2.99.